The van der Waals surface area contributed by atoms with Crippen molar-refractivity contribution in [2.75, 3.05) is 6.26 Å². The van der Waals surface area contributed by atoms with Crippen LogP contribution in [0, 0.1) is 0 Å². The lowest BCUT2D eigenvalue weighted by molar-refractivity contribution is -0.151. The minimum Gasteiger partial charge on any atom is -0.274 e. The Morgan fingerprint density at radius 3 is 2.67 bits per heavy atom. The minimum atomic E-state index is -1.10. The molecule has 0 aromatic carbocycles. The molecule has 12 heavy (non-hydrogen) atoms. The highest BCUT2D eigenvalue weighted by Crippen LogP contribution is 2.18. The molecule has 2 amide bonds. The van der Waals surface area contributed by atoms with Gasteiger partial charge in [0.1, 0.15) is 5.37 Å². The number of hydrogen-bond donors (Lipinski definition) is 1. The van der Waals surface area contributed by atoms with Gasteiger partial charge in [0.15, 0.2) is 0 Å². The second kappa shape index (κ2) is 3.22. The standard InChI is InChI=1S/C6H10N2O3S/c1-4(9)7-8-5(10)3-6(8)12(2)11/h6H,3H2,1-2H3,(H,7,9)/t6-,12?/m1/s1. The Balaban J connectivity index is 2.56. The SMILES string of the molecule is CC(=O)NN1C(=O)C[C@H]1S(C)=O. The maximum Gasteiger partial charge on any atom is 0.245 e. The van der Waals surface area contributed by atoms with E-state index in [1.165, 1.54) is 13.2 Å². The van der Waals surface area contributed by atoms with Crippen LogP contribution >= 0.6 is 0 Å². The molecule has 1 saturated heterocycles. The Hall–Kier alpha value is -0.910. The molecule has 5 nitrogen and oxygen atoms in total. The largest absolute Gasteiger partial charge is 0.274 e. The zero-order valence-corrected chi connectivity index (χ0v) is 7.68. The molecule has 0 radical (unpaired) electrons. The molecule has 0 bridgehead atoms. The van der Waals surface area contributed by atoms with Crippen molar-refractivity contribution >= 4 is 22.6 Å². The van der Waals surface area contributed by atoms with Crippen molar-refractivity contribution in [2.45, 2.75) is 18.7 Å². The fourth-order valence-electron chi connectivity index (χ4n) is 0.957. The van der Waals surface area contributed by atoms with Crippen LogP contribution in [0.4, 0.5) is 0 Å². The van der Waals surface area contributed by atoms with Crippen molar-refractivity contribution in [3.8, 4) is 0 Å². The number of nitrogens with zero attached hydrogens (tertiary/aromatic N) is 1. The summed E-state index contributed by atoms with van der Waals surface area (Å²) in [6.45, 7) is 1.31. The van der Waals surface area contributed by atoms with Gasteiger partial charge in [0.05, 0.1) is 6.42 Å². The van der Waals surface area contributed by atoms with Gasteiger partial charge in [0.25, 0.3) is 0 Å². The summed E-state index contributed by atoms with van der Waals surface area (Å²) in [4.78, 5) is 21.4. The molecule has 1 aliphatic heterocycles. The number of hydrazine groups is 1. The van der Waals surface area contributed by atoms with E-state index < -0.39 is 10.8 Å². The molecule has 6 heteroatoms. The summed E-state index contributed by atoms with van der Waals surface area (Å²) >= 11 is 0. The molecule has 1 N–H and O–H groups in total. The Labute approximate surface area is 72.5 Å². The molecule has 0 aromatic heterocycles. The summed E-state index contributed by atoms with van der Waals surface area (Å²) < 4.78 is 10.9. The zero-order valence-electron chi connectivity index (χ0n) is 6.86. The van der Waals surface area contributed by atoms with Gasteiger partial charge in [0.2, 0.25) is 11.8 Å². The summed E-state index contributed by atoms with van der Waals surface area (Å²) in [5.41, 5.74) is 2.31. The van der Waals surface area contributed by atoms with Crippen molar-refractivity contribution in [2.24, 2.45) is 0 Å². The van der Waals surface area contributed by atoms with Gasteiger partial charge >= 0.3 is 0 Å². The van der Waals surface area contributed by atoms with E-state index in [2.05, 4.69) is 5.43 Å². The second-order valence-corrected chi connectivity index (χ2v) is 4.13. The van der Waals surface area contributed by atoms with Crippen molar-refractivity contribution in [3.63, 3.8) is 0 Å². The fraction of sp³-hybridized carbons (Fsp3) is 0.667. The molecule has 1 heterocycles. The lowest BCUT2D eigenvalue weighted by Crippen LogP contribution is -2.61. The first-order valence-corrected chi connectivity index (χ1v) is 5.06. The smallest absolute Gasteiger partial charge is 0.245 e. The first-order valence-electron chi connectivity index (χ1n) is 3.44. The van der Waals surface area contributed by atoms with E-state index in [1.807, 2.05) is 0 Å². The molecule has 0 spiro atoms. The van der Waals surface area contributed by atoms with Crippen molar-refractivity contribution in [1.82, 2.24) is 10.4 Å². The monoisotopic (exact) mass is 190 g/mol. The van der Waals surface area contributed by atoms with Crippen LogP contribution in [0.2, 0.25) is 0 Å². The molecule has 0 aliphatic carbocycles. The Bertz CT molecular complexity index is 253. The average Bonchev–Trinajstić information content (AvgIpc) is 1.95. The van der Waals surface area contributed by atoms with Crippen molar-refractivity contribution in [1.29, 1.82) is 0 Å². The maximum absolute atomic E-state index is 10.9. The number of carbonyl (C=O) groups excluding carboxylic acids is 2. The topological polar surface area (TPSA) is 66.5 Å². The summed E-state index contributed by atoms with van der Waals surface area (Å²) in [5, 5.41) is 0.778. The van der Waals surface area contributed by atoms with E-state index >= 15 is 0 Å². The van der Waals surface area contributed by atoms with E-state index in [-0.39, 0.29) is 23.6 Å². The van der Waals surface area contributed by atoms with Gasteiger partial charge in [-0.15, -0.1) is 0 Å². The van der Waals surface area contributed by atoms with E-state index in [0.717, 1.165) is 5.01 Å². The Morgan fingerprint density at radius 2 is 2.33 bits per heavy atom. The first-order chi connectivity index (χ1) is 5.52. The number of β-lactam (4-membered cyclic amide) rings is 1. The third kappa shape index (κ3) is 1.63. The van der Waals surface area contributed by atoms with Crippen molar-refractivity contribution in [3.05, 3.63) is 0 Å². The van der Waals surface area contributed by atoms with Crippen LogP contribution in [0.3, 0.4) is 0 Å². The number of hydrogen-bond acceptors (Lipinski definition) is 3. The van der Waals surface area contributed by atoms with Gasteiger partial charge in [-0.1, -0.05) is 0 Å². The zero-order chi connectivity index (χ0) is 9.30. The van der Waals surface area contributed by atoms with Gasteiger partial charge in [-0.2, -0.15) is 0 Å². The van der Waals surface area contributed by atoms with Crippen LogP contribution in [0.15, 0.2) is 0 Å². The molecule has 1 unspecified atom stereocenters. The average molecular weight is 190 g/mol. The number of nitrogens with one attached hydrogen (secondary N) is 1. The number of rotatable bonds is 2. The molecule has 1 fully saturated rings. The summed E-state index contributed by atoms with van der Waals surface area (Å²) in [5.74, 6) is -0.510. The summed E-state index contributed by atoms with van der Waals surface area (Å²) in [7, 11) is -1.10. The first kappa shape index (κ1) is 9.18. The van der Waals surface area contributed by atoms with E-state index in [1.54, 1.807) is 0 Å². The summed E-state index contributed by atoms with van der Waals surface area (Å²) in [6, 6.07) is 0. The highest BCUT2D eigenvalue weighted by molar-refractivity contribution is 7.85. The van der Waals surface area contributed by atoms with Crippen LogP contribution in [0.1, 0.15) is 13.3 Å². The molecular formula is C6H10N2O3S. The third-order valence-electron chi connectivity index (χ3n) is 1.57. The highest BCUT2D eigenvalue weighted by Gasteiger charge is 2.39. The van der Waals surface area contributed by atoms with Gasteiger partial charge in [-0.3, -0.25) is 19.2 Å². The quantitative estimate of drug-likeness (QED) is 0.566. The Kier molecular flexibility index (Phi) is 2.46. The predicted molar refractivity (Wildman–Crippen MR) is 43.1 cm³/mol. The molecule has 0 saturated carbocycles. The normalized spacial score (nSPS) is 24.7. The van der Waals surface area contributed by atoms with Crippen molar-refractivity contribution < 1.29 is 13.8 Å². The van der Waals surface area contributed by atoms with E-state index in [0.29, 0.717) is 0 Å². The predicted octanol–water partition coefficient (Wildman–Crippen LogP) is -1.03. The van der Waals surface area contributed by atoms with Gasteiger partial charge in [0, 0.05) is 24.0 Å². The second-order valence-electron chi connectivity index (χ2n) is 2.59. The maximum atomic E-state index is 10.9. The highest BCUT2D eigenvalue weighted by atomic mass is 32.2. The molecule has 68 valence electrons. The number of carbonyl (C=O) groups is 2. The third-order valence-corrected chi connectivity index (χ3v) is 2.71. The summed E-state index contributed by atoms with van der Waals surface area (Å²) in [6.07, 6.45) is 1.76. The van der Waals surface area contributed by atoms with Crippen LogP contribution in [-0.4, -0.2) is 32.7 Å². The molecule has 1 rings (SSSR count). The van der Waals surface area contributed by atoms with Gasteiger partial charge in [-0.25, -0.2) is 5.01 Å². The van der Waals surface area contributed by atoms with E-state index in [9.17, 15) is 13.8 Å². The van der Waals surface area contributed by atoms with Crippen LogP contribution < -0.4 is 5.43 Å². The van der Waals surface area contributed by atoms with Crippen LogP contribution in [0.25, 0.3) is 0 Å². The lowest BCUT2D eigenvalue weighted by atomic mass is 10.2. The van der Waals surface area contributed by atoms with Gasteiger partial charge in [-0.05, 0) is 0 Å². The van der Waals surface area contributed by atoms with E-state index in [4.69, 9.17) is 0 Å². The molecule has 0 aromatic rings. The lowest BCUT2D eigenvalue weighted by Gasteiger charge is -2.37. The van der Waals surface area contributed by atoms with Gasteiger partial charge < -0.3 is 0 Å². The molecule has 2 atom stereocenters. The number of amides is 2. The molecule has 1 aliphatic rings. The molecular weight excluding hydrogens is 180 g/mol. The minimum absolute atomic E-state index is 0.189. The van der Waals surface area contributed by atoms with Crippen LogP contribution in [-0.2, 0) is 20.4 Å². The van der Waals surface area contributed by atoms with Crippen LogP contribution in [0.5, 0.6) is 0 Å². The Morgan fingerprint density at radius 1 is 1.75 bits per heavy atom. The fourth-order valence-corrected chi connectivity index (χ4v) is 1.80.